The molecule has 0 spiro atoms. The van der Waals surface area contributed by atoms with E-state index in [0.29, 0.717) is 0 Å². The number of hydrogen-bond donors (Lipinski definition) is 0. The summed E-state index contributed by atoms with van der Waals surface area (Å²) in [6.07, 6.45) is 3.12. The maximum atomic E-state index is 10.8. The molecule has 4 nitrogen and oxygen atoms in total. The van der Waals surface area contributed by atoms with Crippen LogP contribution in [0.25, 0.3) is 10.6 Å². The van der Waals surface area contributed by atoms with Crippen molar-refractivity contribution in [2.75, 3.05) is 0 Å². The molecular weight excluding hydrogens is 423 g/mol. The third kappa shape index (κ3) is 6.03. The average molecular weight is 439 g/mol. The van der Waals surface area contributed by atoms with Crippen molar-refractivity contribution < 1.29 is 26.4 Å². The van der Waals surface area contributed by atoms with Gasteiger partial charge in [0.15, 0.2) is 11.6 Å². The van der Waals surface area contributed by atoms with Gasteiger partial charge in [-0.1, -0.05) is 46.5 Å². The molecule has 2 aliphatic rings. The van der Waals surface area contributed by atoms with E-state index in [1.54, 1.807) is 12.2 Å². The Morgan fingerprint density at radius 3 is 1.44 bits per heavy atom. The first kappa shape index (κ1) is 21.4. The number of rotatable bonds is 2. The summed E-state index contributed by atoms with van der Waals surface area (Å²) in [7, 11) is 0. The molecular formula is C20H16CoN2O2S2. The van der Waals surface area contributed by atoms with E-state index in [4.69, 9.17) is 0 Å². The van der Waals surface area contributed by atoms with E-state index in [2.05, 4.69) is 10.6 Å². The second kappa shape index (κ2) is 9.84. The van der Waals surface area contributed by atoms with Gasteiger partial charge in [-0.15, -0.1) is 34.9 Å². The first-order valence-corrected chi connectivity index (χ1v) is 9.56. The van der Waals surface area contributed by atoms with Crippen LogP contribution in [0.1, 0.15) is 13.8 Å². The second-order valence-corrected chi connectivity index (χ2v) is 7.67. The molecule has 0 amide bonds. The Balaban J connectivity index is 0.000000187. The Bertz CT molecular complexity index is 796. The normalized spacial score (nSPS) is 16.2. The van der Waals surface area contributed by atoms with Gasteiger partial charge in [-0.3, -0.25) is 9.59 Å². The Morgan fingerprint density at radius 1 is 0.741 bits per heavy atom. The van der Waals surface area contributed by atoms with Gasteiger partial charge in [0.05, 0.1) is 0 Å². The number of nitrogens with zero attached hydrogens (tertiary/aromatic N) is 2. The van der Waals surface area contributed by atoms with Gasteiger partial charge in [0, 0.05) is 0 Å². The van der Waals surface area contributed by atoms with Crippen LogP contribution >= 0.6 is 23.5 Å². The fraction of sp³-hybridized carbons (Fsp3) is 0.100. The summed E-state index contributed by atoms with van der Waals surface area (Å²) in [5, 5.41) is 10.2. The van der Waals surface area contributed by atoms with Crippen LogP contribution in [0.5, 0.6) is 0 Å². The molecule has 0 saturated carbocycles. The molecule has 0 aliphatic carbocycles. The van der Waals surface area contributed by atoms with E-state index < -0.39 is 0 Å². The number of allylic oxidation sites excluding steroid dienone is 2. The van der Waals surface area contributed by atoms with Crippen LogP contribution in [-0.2, 0) is 26.4 Å². The average Bonchev–Trinajstić information content (AvgIpc) is 3.16. The summed E-state index contributed by atoms with van der Waals surface area (Å²) in [5.41, 5.74) is 1.92. The number of fused-ring (bicyclic) bond motifs is 2. The van der Waals surface area contributed by atoms with Gasteiger partial charge in [-0.2, -0.15) is 0 Å². The number of ketones is 2. The molecule has 0 aromatic heterocycles. The van der Waals surface area contributed by atoms with Crippen molar-refractivity contribution in [2.45, 2.75) is 23.6 Å². The fourth-order valence-corrected chi connectivity index (χ4v) is 4.17. The molecule has 27 heavy (non-hydrogen) atoms. The maximum absolute atomic E-state index is 10.8. The number of thioether (sulfide) groups is 2. The third-order valence-electron chi connectivity index (χ3n) is 3.27. The van der Waals surface area contributed by atoms with Crippen LogP contribution in [0.3, 0.4) is 0 Å². The Kier molecular flexibility index (Phi) is 7.79. The summed E-state index contributed by atoms with van der Waals surface area (Å²) in [6, 6.07) is 15.7. The van der Waals surface area contributed by atoms with Crippen molar-refractivity contribution in [1.82, 2.24) is 0 Å². The molecule has 7 heteroatoms. The molecule has 0 N–H and O–H groups in total. The molecule has 2 aliphatic heterocycles. The number of benzene rings is 2. The molecule has 139 valence electrons. The second-order valence-electron chi connectivity index (χ2n) is 5.55. The predicted octanol–water partition coefficient (Wildman–Crippen LogP) is 6.45. The zero-order valence-electron chi connectivity index (χ0n) is 14.6. The third-order valence-corrected chi connectivity index (χ3v) is 5.24. The first-order chi connectivity index (χ1) is 12.5. The minimum atomic E-state index is 0. The largest absolute Gasteiger partial charge is 2.00 e. The van der Waals surface area contributed by atoms with E-state index in [1.165, 1.54) is 37.4 Å². The number of para-hydroxylation sites is 2. The zero-order valence-corrected chi connectivity index (χ0v) is 17.3. The standard InChI is InChI=1S/2C10H9NOS.Co/c2*1-7(12)6-10-11-8-4-2-3-5-9(8)13-10;/h2*2-6H,1H3,(H,11,12);/q;;+2/p-2. The van der Waals surface area contributed by atoms with Gasteiger partial charge >= 0.3 is 16.8 Å². The summed E-state index contributed by atoms with van der Waals surface area (Å²) < 4.78 is 0. The van der Waals surface area contributed by atoms with Crippen LogP contribution in [0.15, 0.2) is 80.5 Å². The van der Waals surface area contributed by atoms with Crippen LogP contribution in [0.4, 0.5) is 11.4 Å². The predicted molar refractivity (Wildman–Crippen MR) is 108 cm³/mol. The van der Waals surface area contributed by atoms with E-state index in [0.717, 1.165) is 31.2 Å². The van der Waals surface area contributed by atoms with E-state index in [-0.39, 0.29) is 28.3 Å². The molecule has 0 saturated heterocycles. The Labute approximate surface area is 177 Å². The molecule has 4 rings (SSSR count). The fourth-order valence-electron chi connectivity index (χ4n) is 2.25. The number of carbonyl (C=O) groups is 2. The van der Waals surface area contributed by atoms with Crippen LogP contribution in [0.2, 0.25) is 0 Å². The molecule has 0 atom stereocenters. The molecule has 2 aromatic carbocycles. The minimum Gasteiger partial charge on any atom is -0.651 e. The summed E-state index contributed by atoms with van der Waals surface area (Å²) in [5.74, 6) is 0.0816. The Hall–Kier alpha value is -1.93. The van der Waals surface area contributed by atoms with Crippen molar-refractivity contribution in [1.29, 1.82) is 0 Å². The topological polar surface area (TPSA) is 62.3 Å². The van der Waals surface area contributed by atoms with Gasteiger partial charge in [0.2, 0.25) is 0 Å². The van der Waals surface area contributed by atoms with Gasteiger partial charge in [0.1, 0.15) is 0 Å². The molecule has 2 heterocycles. The number of hydrogen-bond acceptors (Lipinski definition) is 4. The monoisotopic (exact) mass is 439 g/mol. The van der Waals surface area contributed by atoms with E-state index in [9.17, 15) is 9.59 Å². The molecule has 1 radical (unpaired) electrons. The van der Waals surface area contributed by atoms with Gasteiger partial charge < -0.3 is 10.6 Å². The van der Waals surface area contributed by atoms with Crippen molar-refractivity contribution in [3.63, 3.8) is 0 Å². The van der Waals surface area contributed by atoms with Crippen LogP contribution in [0, 0.1) is 0 Å². The maximum Gasteiger partial charge on any atom is 2.00 e. The van der Waals surface area contributed by atoms with Gasteiger partial charge in [-0.25, -0.2) is 0 Å². The SMILES string of the molecule is CC(=O)/C=C1\[N-]c2ccccc2S1.CC(=O)/C=C1\[N-]c2ccccc2S1.[Co+2]. The van der Waals surface area contributed by atoms with E-state index in [1.807, 2.05) is 48.5 Å². The van der Waals surface area contributed by atoms with Crippen LogP contribution in [-0.4, -0.2) is 11.6 Å². The smallest absolute Gasteiger partial charge is 0.651 e. The number of carbonyl (C=O) groups excluding carboxylic acids is 2. The van der Waals surface area contributed by atoms with Crippen molar-refractivity contribution in [3.05, 3.63) is 81.4 Å². The first-order valence-electron chi connectivity index (χ1n) is 7.93. The van der Waals surface area contributed by atoms with Crippen molar-refractivity contribution in [2.24, 2.45) is 0 Å². The van der Waals surface area contributed by atoms with Gasteiger partial charge in [0.25, 0.3) is 0 Å². The minimum absolute atomic E-state index is 0. The van der Waals surface area contributed by atoms with Crippen molar-refractivity contribution in [3.8, 4) is 0 Å². The molecule has 0 fully saturated rings. The quantitative estimate of drug-likeness (QED) is 0.504. The van der Waals surface area contributed by atoms with Crippen molar-refractivity contribution >= 4 is 46.5 Å². The zero-order chi connectivity index (χ0) is 18.5. The summed E-state index contributed by atoms with van der Waals surface area (Å²) in [4.78, 5) is 23.8. The molecule has 0 unspecified atom stereocenters. The Morgan fingerprint density at radius 2 is 1.11 bits per heavy atom. The molecule has 0 bridgehead atoms. The summed E-state index contributed by atoms with van der Waals surface area (Å²) >= 11 is 3.08. The summed E-state index contributed by atoms with van der Waals surface area (Å²) in [6.45, 7) is 3.07. The molecule has 2 aromatic rings. The van der Waals surface area contributed by atoms with Crippen LogP contribution < -0.4 is 0 Å². The van der Waals surface area contributed by atoms with Gasteiger partial charge in [-0.05, 0) is 47.9 Å². The van der Waals surface area contributed by atoms with E-state index >= 15 is 0 Å².